The lowest BCUT2D eigenvalue weighted by molar-refractivity contribution is 0.579. The number of nitrogens with one attached hydrogen (secondary N) is 1. The summed E-state index contributed by atoms with van der Waals surface area (Å²) < 4.78 is 26.6. The van der Waals surface area contributed by atoms with Crippen LogP contribution in [0.5, 0.6) is 0 Å². The van der Waals surface area contributed by atoms with Gasteiger partial charge in [0.25, 0.3) is 0 Å². The fraction of sp³-hybridized carbons (Fsp3) is 0.438. The molecule has 0 spiro atoms. The number of unbranched alkanes of at least 4 members (excludes halogenated alkanes) is 1. The minimum Gasteiger partial charge on any atom is -0.211 e. The molecule has 0 aliphatic heterocycles. The number of hydrogen-bond acceptors (Lipinski definition) is 2. The van der Waals surface area contributed by atoms with Crippen LogP contribution in [0.25, 0.3) is 0 Å². The van der Waals surface area contributed by atoms with Gasteiger partial charge in [-0.3, -0.25) is 0 Å². The van der Waals surface area contributed by atoms with Crippen LogP contribution < -0.4 is 4.72 Å². The third-order valence-corrected chi connectivity index (χ3v) is 4.50. The van der Waals surface area contributed by atoms with Gasteiger partial charge in [0, 0.05) is 6.54 Å². The van der Waals surface area contributed by atoms with Crippen LogP contribution in [0.1, 0.15) is 38.7 Å². The molecule has 20 heavy (non-hydrogen) atoms. The van der Waals surface area contributed by atoms with Gasteiger partial charge in [-0.25, -0.2) is 13.1 Å². The number of allylic oxidation sites excluding steroid dienone is 1. The predicted molar refractivity (Wildman–Crippen MR) is 83.2 cm³/mol. The highest BCUT2D eigenvalue weighted by Gasteiger charge is 2.11. The van der Waals surface area contributed by atoms with Crippen LogP contribution in [0.2, 0.25) is 0 Å². The number of sulfonamides is 1. The van der Waals surface area contributed by atoms with Crippen molar-refractivity contribution >= 4 is 10.0 Å². The maximum Gasteiger partial charge on any atom is 0.240 e. The second-order valence-electron chi connectivity index (χ2n) is 4.84. The number of aryl methyl sites for hydroxylation is 1. The van der Waals surface area contributed by atoms with E-state index in [9.17, 15) is 8.42 Å². The van der Waals surface area contributed by atoms with E-state index in [1.807, 2.05) is 19.9 Å². The third kappa shape index (κ3) is 5.74. The molecule has 0 heterocycles. The molecule has 1 aromatic carbocycles. The van der Waals surface area contributed by atoms with Gasteiger partial charge < -0.3 is 0 Å². The van der Waals surface area contributed by atoms with E-state index >= 15 is 0 Å². The maximum atomic E-state index is 12.0. The summed E-state index contributed by atoms with van der Waals surface area (Å²) in [6.45, 7) is 6.50. The van der Waals surface area contributed by atoms with E-state index in [0.29, 0.717) is 11.4 Å². The summed E-state index contributed by atoms with van der Waals surface area (Å²) in [6.07, 6.45) is 4.57. The zero-order valence-electron chi connectivity index (χ0n) is 12.4. The van der Waals surface area contributed by atoms with E-state index in [4.69, 9.17) is 0 Å². The van der Waals surface area contributed by atoms with Crippen LogP contribution in [0.3, 0.4) is 0 Å². The molecule has 0 aliphatic rings. The molecule has 0 aliphatic carbocycles. The summed E-state index contributed by atoms with van der Waals surface area (Å²) in [7, 11) is -3.37. The first-order chi connectivity index (χ1) is 9.45. The van der Waals surface area contributed by atoms with Gasteiger partial charge in [0.05, 0.1) is 4.90 Å². The average molecular weight is 293 g/mol. The lowest BCUT2D eigenvalue weighted by Crippen LogP contribution is -2.24. The normalized spacial score (nSPS) is 10.9. The Kier molecular flexibility index (Phi) is 6.73. The Labute approximate surface area is 122 Å². The molecule has 0 unspecified atom stereocenters. The average Bonchev–Trinajstić information content (AvgIpc) is 2.42. The van der Waals surface area contributed by atoms with Crippen molar-refractivity contribution in [3.05, 3.63) is 47.2 Å². The van der Waals surface area contributed by atoms with Crippen LogP contribution in [0, 0.1) is 6.92 Å². The highest BCUT2D eigenvalue weighted by atomic mass is 32.2. The van der Waals surface area contributed by atoms with E-state index in [-0.39, 0.29) is 0 Å². The third-order valence-electron chi connectivity index (χ3n) is 3.03. The van der Waals surface area contributed by atoms with Gasteiger partial charge in [-0.15, -0.1) is 5.73 Å². The van der Waals surface area contributed by atoms with Gasteiger partial charge in [0.1, 0.15) is 0 Å². The maximum absolute atomic E-state index is 12.0. The monoisotopic (exact) mass is 293 g/mol. The molecule has 0 amide bonds. The van der Waals surface area contributed by atoms with Crippen molar-refractivity contribution < 1.29 is 8.42 Å². The SMILES string of the molecule is CCC(C)=C=CCCCNS(=O)(=O)c1ccc(C)cc1. The zero-order chi connectivity index (χ0) is 15.0. The molecular weight excluding hydrogens is 270 g/mol. The smallest absolute Gasteiger partial charge is 0.211 e. The van der Waals surface area contributed by atoms with Crippen LogP contribution in [0.4, 0.5) is 0 Å². The predicted octanol–water partition coefficient (Wildman–Crippen LogP) is 3.56. The fourth-order valence-corrected chi connectivity index (χ4v) is 2.63. The minimum atomic E-state index is -3.37. The van der Waals surface area contributed by atoms with E-state index in [1.54, 1.807) is 24.3 Å². The molecule has 0 saturated heterocycles. The second kappa shape index (κ2) is 8.05. The molecule has 110 valence electrons. The van der Waals surface area contributed by atoms with Crippen molar-refractivity contribution in [2.75, 3.05) is 6.54 Å². The van der Waals surface area contributed by atoms with Crippen molar-refractivity contribution in [2.24, 2.45) is 0 Å². The molecule has 4 heteroatoms. The summed E-state index contributed by atoms with van der Waals surface area (Å²) in [5, 5.41) is 0. The van der Waals surface area contributed by atoms with Gasteiger partial charge in [-0.2, -0.15) is 0 Å². The zero-order valence-corrected chi connectivity index (χ0v) is 13.3. The van der Waals surface area contributed by atoms with Gasteiger partial charge in [-0.05, 0) is 56.9 Å². The van der Waals surface area contributed by atoms with Crippen LogP contribution >= 0.6 is 0 Å². The van der Waals surface area contributed by atoms with E-state index in [0.717, 1.165) is 24.8 Å². The first-order valence-electron chi connectivity index (χ1n) is 6.92. The van der Waals surface area contributed by atoms with Crippen LogP contribution in [-0.4, -0.2) is 15.0 Å². The lowest BCUT2D eigenvalue weighted by atomic mass is 10.2. The lowest BCUT2D eigenvalue weighted by Gasteiger charge is -2.06. The summed E-state index contributed by atoms with van der Waals surface area (Å²) >= 11 is 0. The van der Waals surface area contributed by atoms with E-state index < -0.39 is 10.0 Å². The van der Waals surface area contributed by atoms with E-state index in [1.165, 1.54) is 5.57 Å². The van der Waals surface area contributed by atoms with Gasteiger partial charge in [-0.1, -0.05) is 24.6 Å². The van der Waals surface area contributed by atoms with Crippen molar-refractivity contribution in [3.63, 3.8) is 0 Å². The van der Waals surface area contributed by atoms with Gasteiger partial charge >= 0.3 is 0 Å². The van der Waals surface area contributed by atoms with Crippen molar-refractivity contribution in [2.45, 2.75) is 44.9 Å². The van der Waals surface area contributed by atoms with Gasteiger partial charge in [0.15, 0.2) is 0 Å². The first kappa shape index (κ1) is 16.7. The molecule has 0 radical (unpaired) electrons. The summed E-state index contributed by atoms with van der Waals surface area (Å²) in [6, 6.07) is 6.86. The molecule has 0 atom stereocenters. The minimum absolute atomic E-state index is 0.320. The Hall–Kier alpha value is -1.35. The fourth-order valence-electron chi connectivity index (χ4n) is 1.56. The summed E-state index contributed by atoms with van der Waals surface area (Å²) in [4.78, 5) is 0.320. The Bertz CT molecular complexity index is 579. The number of benzene rings is 1. The molecule has 0 aromatic heterocycles. The molecule has 1 aromatic rings. The number of hydrogen-bond donors (Lipinski definition) is 1. The summed E-state index contributed by atoms with van der Waals surface area (Å²) in [5.74, 6) is 0. The largest absolute Gasteiger partial charge is 0.240 e. The number of rotatable bonds is 7. The highest BCUT2D eigenvalue weighted by molar-refractivity contribution is 7.89. The molecule has 0 saturated carbocycles. The Morgan fingerprint density at radius 3 is 2.55 bits per heavy atom. The van der Waals surface area contributed by atoms with Gasteiger partial charge in [0.2, 0.25) is 10.0 Å². The Morgan fingerprint density at radius 2 is 1.95 bits per heavy atom. The quantitative estimate of drug-likeness (QED) is 0.617. The van der Waals surface area contributed by atoms with Crippen molar-refractivity contribution in [3.8, 4) is 0 Å². The van der Waals surface area contributed by atoms with Crippen molar-refractivity contribution in [1.29, 1.82) is 0 Å². The molecule has 1 N–H and O–H groups in total. The first-order valence-corrected chi connectivity index (χ1v) is 8.41. The standard InChI is InChI=1S/C16H23NO2S/c1-4-14(2)8-6-5-7-13-17-20(18,19)16-11-9-15(3)10-12-16/h6,9-12,17H,4-5,7,13H2,1-3H3. The highest BCUT2D eigenvalue weighted by Crippen LogP contribution is 2.09. The molecule has 0 fully saturated rings. The molecule has 3 nitrogen and oxygen atoms in total. The second-order valence-corrected chi connectivity index (χ2v) is 6.60. The Morgan fingerprint density at radius 1 is 1.30 bits per heavy atom. The summed E-state index contributed by atoms with van der Waals surface area (Å²) in [5.41, 5.74) is 5.44. The van der Waals surface area contributed by atoms with Crippen molar-refractivity contribution in [1.82, 2.24) is 4.72 Å². The molecule has 0 bridgehead atoms. The van der Waals surface area contributed by atoms with Crippen LogP contribution in [-0.2, 0) is 10.0 Å². The van der Waals surface area contributed by atoms with Crippen LogP contribution in [0.15, 0.2) is 46.5 Å². The Balaban J connectivity index is 2.45. The van der Waals surface area contributed by atoms with E-state index in [2.05, 4.69) is 17.4 Å². The molecule has 1 rings (SSSR count). The molecular formula is C16H23NO2S. The topological polar surface area (TPSA) is 46.2 Å².